The van der Waals surface area contributed by atoms with E-state index in [1.807, 2.05) is 50.2 Å². The first kappa shape index (κ1) is 43.3. The molecule has 59 heavy (non-hydrogen) atoms. The van der Waals surface area contributed by atoms with Gasteiger partial charge in [-0.1, -0.05) is 79.7 Å². The molecule has 8 nitrogen and oxygen atoms in total. The van der Waals surface area contributed by atoms with Crippen LogP contribution in [0.1, 0.15) is 113 Å². The van der Waals surface area contributed by atoms with Crippen LogP contribution in [-0.4, -0.2) is 37.7 Å². The molecule has 0 radical (unpaired) electrons. The van der Waals surface area contributed by atoms with Crippen molar-refractivity contribution in [3.63, 3.8) is 0 Å². The van der Waals surface area contributed by atoms with Gasteiger partial charge in [-0.05, 0) is 141 Å². The number of ketones is 2. The summed E-state index contributed by atoms with van der Waals surface area (Å²) in [4.78, 5) is 48.1. The number of aryl methyl sites for hydroxylation is 4. The van der Waals surface area contributed by atoms with Crippen molar-refractivity contribution in [3.05, 3.63) is 188 Å². The normalized spacial score (nSPS) is 11.1. The van der Waals surface area contributed by atoms with Crippen LogP contribution in [-0.2, 0) is 6.42 Å². The Morgan fingerprint density at radius 3 is 1.27 bits per heavy atom. The molecule has 0 aromatic heterocycles. The number of methoxy groups -OCH3 is 2. The molecule has 8 heteroatoms. The Morgan fingerprint density at radius 1 is 0.475 bits per heavy atom. The van der Waals surface area contributed by atoms with Gasteiger partial charge in [0.1, 0.15) is 23.0 Å². The molecule has 1 atom stereocenters. The molecule has 6 rings (SSSR count). The molecule has 6 aromatic carbocycles. The minimum absolute atomic E-state index is 0.0876. The maximum absolute atomic E-state index is 12.7. The molecule has 0 saturated heterocycles. The first-order chi connectivity index (χ1) is 28.2. The Bertz CT molecular complexity index is 2430. The first-order valence-electron chi connectivity index (χ1n) is 19.3. The van der Waals surface area contributed by atoms with Gasteiger partial charge in [0.15, 0.2) is 11.6 Å². The largest absolute Gasteiger partial charge is 0.497 e. The molecular formula is C51H50O8. The maximum atomic E-state index is 12.7. The minimum Gasteiger partial charge on any atom is -0.497 e. The van der Waals surface area contributed by atoms with Crippen LogP contribution in [0.2, 0.25) is 0 Å². The van der Waals surface area contributed by atoms with Crippen LogP contribution in [0, 0.1) is 27.7 Å². The number of esters is 2. The number of hydrogen-bond acceptors (Lipinski definition) is 8. The van der Waals surface area contributed by atoms with Crippen LogP contribution in [0.3, 0.4) is 0 Å². The summed E-state index contributed by atoms with van der Waals surface area (Å²) in [6, 6.07) is 36.9. The Hall–Kier alpha value is -6.80. The molecule has 6 aromatic rings. The lowest BCUT2D eigenvalue weighted by Gasteiger charge is -2.15. The third-order valence-corrected chi connectivity index (χ3v) is 10.1. The molecule has 0 N–H and O–H groups in total. The van der Waals surface area contributed by atoms with Gasteiger partial charge < -0.3 is 18.9 Å². The molecule has 0 saturated carbocycles. The summed E-state index contributed by atoms with van der Waals surface area (Å²) < 4.78 is 21.8. The van der Waals surface area contributed by atoms with E-state index in [0.717, 1.165) is 51.3 Å². The quantitative estimate of drug-likeness (QED) is 0.0685. The number of benzene rings is 6. The van der Waals surface area contributed by atoms with E-state index in [-0.39, 0.29) is 17.5 Å². The lowest BCUT2D eigenvalue weighted by molar-refractivity contribution is 0.0723. The number of Topliss-reactive ketones (excluding diaryl/α,β-unsaturated/α-hetero) is 2. The molecule has 0 aliphatic heterocycles. The third-order valence-electron chi connectivity index (χ3n) is 10.1. The van der Waals surface area contributed by atoms with Crippen LogP contribution >= 0.6 is 0 Å². The fourth-order valence-electron chi connectivity index (χ4n) is 6.96. The molecule has 0 bridgehead atoms. The third kappa shape index (κ3) is 11.2. The summed E-state index contributed by atoms with van der Waals surface area (Å²) in [6.45, 7) is 13.0. The summed E-state index contributed by atoms with van der Waals surface area (Å²) in [5, 5.41) is 0. The molecule has 302 valence electrons. The fourth-order valence-corrected chi connectivity index (χ4v) is 6.96. The van der Waals surface area contributed by atoms with Crippen LogP contribution in [0.4, 0.5) is 0 Å². The van der Waals surface area contributed by atoms with E-state index in [1.165, 1.54) is 25.0 Å². The Morgan fingerprint density at radius 2 is 0.864 bits per heavy atom. The standard InChI is InChI=1S/C27H28O4.C24H22O4/c1-16-10-21(11-17(2)25(16)30-6)14-22-12-18(3)26(19(4)13-22)31-27(29)24-9-7-8-23(15-24)20(5)28;1-16(18-7-11-22(27-3)12-8-18)19-9-13-23(14-10-19)28-24(26)21-6-4-5-20(15-21)17(2)25/h7-13,15H,14H2,1-6H3;4-16H,1-3H3. The lowest BCUT2D eigenvalue weighted by Crippen LogP contribution is -2.11. The summed E-state index contributed by atoms with van der Waals surface area (Å²) in [5.74, 6) is 1.83. The summed E-state index contributed by atoms with van der Waals surface area (Å²) in [6.07, 6.45) is 0.780. The van der Waals surface area contributed by atoms with E-state index >= 15 is 0 Å². The zero-order valence-electron chi connectivity index (χ0n) is 35.1. The van der Waals surface area contributed by atoms with Crippen molar-refractivity contribution < 1.29 is 38.1 Å². The van der Waals surface area contributed by atoms with E-state index in [2.05, 4.69) is 45.0 Å². The van der Waals surface area contributed by atoms with Gasteiger partial charge in [0.25, 0.3) is 0 Å². The van der Waals surface area contributed by atoms with E-state index in [9.17, 15) is 19.2 Å². The van der Waals surface area contributed by atoms with E-state index in [0.29, 0.717) is 33.8 Å². The number of carbonyl (C=O) groups is 4. The topological polar surface area (TPSA) is 105 Å². The van der Waals surface area contributed by atoms with Gasteiger partial charge in [-0.15, -0.1) is 0 Å². The van der Waals surface area contributed by atoms with Crippen molar-refractivity contribution >= 4 is 23.5 Å². The number of rotatable bonds is 12. The highest BCUT2D eigenvalue weighted by atomic mass is 16.5. The van der Waals surface area contributed by atoms with Gasteiger partial charge in [0, 0.05) is 17.0 Å². The van der Waals surface area contributed by atoms with Gasteiger partial charge >= 0.3 is 11.9 Å². The number of carbonyl (C=O) groups excluding carboxylic acids is 4. The molecule has 0 amide bonds. The molecule has 1 unspecified atom stereocenters. The second-order valence-corrected chi connectivity index (χ2v) is 14.6. The van der Waals surface area contributed by atoms with Crippen LogP contribution < -0.4 is 18.9 Å². The maximum Gasteiger partial charge on any atom is 0.343 e. The van der Waals surface area contributed by atoms with Crippen molar-refractivity contribution in [2.24, 2.45) is 0 Å². The van der Waals surface area contributed by atoms with E-state index in [4.69, 9.17) is 18.9 Å². The summed E-state index contributed by atoms with van der Waals surface area (Å²) in [7, 11) is 3.34. The average Bonchev–Trinajstić information content (AvgIpc) is 3.22. The van der Waals surface area contributed by atoms with Gasteiger partial charge in [0.2, 0.25) is 0 Å². The molecule has 0 heterocycles. The van der Waals surface area contributed by atoms with Gasteiger partial charge in [-0.25, -0.2) is 9.59 Å². The fraction of sp³-hybridized carbons (Fsp3) is 0.216. The second-order valence-electron chi connectivity index (χ2n) is 14.6. The minimum atomic E-state index is -0.487. The zero-order chi connectivity index (χ0) is 42.8. The second kappa shape index (κ2) is 19.6. The van der Waals surface area contributed by atoms with Crippen LogP contribution in [0.25, 0.3) is 0 Å². The van der Waals surface area contributed by atoms with Crippen LogP contribution in [0.5, 0.6) is 23.0 Å². The highest BCUT2D eigenvalue weighted by Crippen LogP contribution is 2.30. The zero-order valence-corrected chi connectivity index (χ0v) is 35.1. The van der Waals surface area contributed by atoms with Gasteiger partial charge in [0.05, 0.1) is 25.3 Å². The summed E-state index contributed by atoms with van der Waals surface area (Å²) in [5.41, 5.74) is 10.4. The monoisotopic (exact) mass is 790 g/mol. The smallest absolute Gasteiger partial charge is 0.343 e. The van der Waals surface area contributed by atoms with Crippen molar-refractivity contribution in [3.8, 4) is 23.0 Å². The Kier molecular flexibility index (Phi) is 14.4. The SMILES string of the molecule is COc1c(C)cc(Cc2cc(C)c(OC(=O)c3cccc(C(C)=O)c3)c(C)c2)cc1C.COc1ccc(C(C)c2ccc(OC(=O)c3cccc(C(C)=O)c3)cc2)cc1. The highest BCUT2D eigenvalue weighted by Gasteiger charge is 2.16. The first-order valence-corrected chi connectivity index (χ1v) is 19.3. The average molecular weight is 791 g/mol. The van der Waals surface area contributed by atoms with Gasteiger partial charge in [-0.3, -0.25) is 9.59 Å². The van der Waals surface area contributed by atoms with E-state index in [1.54, 1.807) is 74.9 Å². The van der Waals surface area contributed by atoms with Crippen LogP contribution in [0.15, 0.2) is 121 Å². The molecule has 0 aliphatic rings. The molecular weight excluding hydrogens is 741 g/mol. The van der Waals surface area contributed by atoms with Crippen molar-refractivity contribution in [2.45, 2.75) is 60.8 Å². The molecule has 0 fully saturated rings. The van der Waals surface area contributed by atoms with E-state index < -0.39 is 11.9 Å². The Balaban J connectivity index is 0.000000225. The molecule has 0 spiro atoms. The van der Waals surface area contributed by atoms with Crippen molar-refractivity contribution in [1.29, 1.82) is 0 Å². The summed E-state index contributed by atoms with van der Waals surface area (Å²) >= 11 is 0. The lowest BCUT2D eigenvalue weighted by atomic mass is 9.93. The molecule has 0 aliphatic carbocycles. The Labute approximate surface area is 346 Å². The number of ether oxygens (including phenoxy) is 4. The predicted octanol–water partition coefficient (Wildman–Crippen LogP) is 11.2. The van der Waals surface area contributed by atoms with Crippen molar-refractivity contribution in [2.75, 3.05) is 14.2 Å². The highest BCUT2D eigenvalue weighted by molar-refractivity contribution is 5.99. The van der Waals surface area contributed by atoms with Gasteiger partial charge in [-0.2, -0.15) is 0 Å². The van der Waals surface area contributed by atoms with Crippen molar-refractivity contribution in [1.82, 2.24) is 0 Å². The predicted molar refractivity (Wildman–Crippen MR) is 231 cm³/mol. The number of hydrogen-bond donors (Lipinski definition) is 0.